The first-order chi connectivity index (χ1) is 3.84. The summed E-state index contributed by atoms with van der Waals surface area (Å²) in [6.07, 6.45) is 0.815. The molecule has 0 spiro atoms. The van der Waals surface area contributed by atoms with Crippen molar-refractivity contribution in [3.63, 3.8) is 0 Å². The lowest BCUT2D eigenvalue weighted by Gasteiger charge is -1.87. The molecule has 0 aliphatic carbocycles. The van der Waals surface area contributed by atoms with E-state index in [0.717, 1.165) is 12.0 Å². The molecule has 1 rings (SSSR count). The van der Waals surface area contributed by atoms with Crippen molar-refractivity contribution < 1.29 is 4.79 Å². The lowest BCUT2D eigenvalue weighted by atomic mass is 10.4. The van der Waals surface area contributed by atoms with Gasteiger partial charge < -0.3 is 10.6 Å². The third-order valence-corrected chi connectivity index (χ3v) is 1.15. The first kappa shape index (κ1) is 5.15. The molecule has 0 aromatic heterocycles. The summed E-state index contributed by atoms with van der Waals surface area (Å²) in [7, 11) is 0. The molecule has 1 aliphatic heterocycles. The molecule has 0 bridgehead atoms. The van der Waals surface area contributed by atoms with Crippen LogP contribution >= 0.6 is 0 Å². The van der Waals surface area contributed by atoms with Crippen LogP contribution in [-0.4, -0.2) is 13.0 Å². The number of carbonyl (C=O) groups is 1. The number of allylic oxidation sites excluding steroid dienone is 2. The van der Waals surface area contributed by atoms with Gasteiger partial charge in [-0.25, -0.2) is 0 Å². The fourth-order valence-corrected chi connectivity index (χ4v) is 0.630. The fourth-order valence-electron chi connectivity index (χ4n) is 0.630. The monoisotopic (exact) mass is 112 g/mol. The minimum absolute atomic E-state index is 0.671. The molecule has 3 heteroatoms. The maximum atomic E-state index is 10.1. The van der Waals surface area contributed by atoms with Gasteiger partial charge in [0, 0.05) is 5.70 Å². The average Bonchev–Trinajstić information content (AvgIpc) is 2.14. The van der Waals surface area contributed by atoms with Crippen molar-refractivity contribution >= 4 is 6.29 Å². The minimum Gasteiger partial charge on any atom is -0.370 e. The molecule has 8 heavy (non-hydrogen) atoms. The summed E-state index contributed by atoms with van der Waals surface area (Å²) in [5, 5.41) is 5.81. The van der Waals surface area contributed by atoms with Gasteiger partial charge in [0.15, 0.2) is 6.29 Å². The molecule has 44 valence electrons. The number of nitrogens with one attached hydrogen (secondary N) is 2. The molecule has 3 nitrogen and oxygen atoms in total. The van der Waals surface area contributed by atoms with Crippen LogP contribution in [0.25, 0.3) is 0 Å². The molecule has 0 radical (unpaired) electrons. The average molecular weight is 112 g/mol. The number of hydrogen-bond donors (Lipinski definition) is 2. The summed E-state index contributed by atoms with van der Waals surface area (Å²) in [6, 6.07) is 0. The van der Waals surface area contributed by atoms with Crippen LogP contribution in [0.2, 0.25) is 0 Å². The van der Waals surface area contributed by atoms with Crippen molar-refractivity contribution in [2.45, 2.75) is 6.92 Å². The standard InChI is InChI=1S/C5H8N2O/c1-4-5(2-8)7-3-6-4/h2,6-7H,3H2,1H3. The van der Waals surface area contributed by atoms with E-state index in [0.29, 0.717) is 12.4 Å². The van der Waals surface area contributed by atoms with E-state index in [1.165, 1.54) is 0 Å². The van der Waals surface area contributed by atoms with Crippen molar-refractivity contribution in [3.05, 3.63) is 11.4 Å². The normalized spacial score (nSPS) is 17.6. The number of hydrogen-bond acceptors (Lipinski definition) is 3. The van der Waals surface area contributed by atoms with Gasteiger partial charge in [0.1, 0.15) is 0 Å². The Bertz CT molecular complexity index is 139. The molecule has 2 N–H and O–H groups in total. The second kappa shape index (κ2) is 1.86. The molecule has 0 amide bonds. The van der Waals surface area contributed by atoms with E-state index in [2.05, 4.69) is 10.6 Å². The van der Waals surface area contributed by atoms with Gasteiger partial charge in [0.2, 0.25) is 0 Å². The molecular weight excluding hydrogens is 104 g/mol. The summed E-state index contributed by atoms with van der Waals surface area (Å²) >= 11 is 0. The van der Waals surface area contributed by atoms with E-state index in [9.17, 15) is 4.79 Å². The number of aldehydes is 1. The van der Waals surface area contributed by atoms with Crippen molar-refractivity contribution in [2.24, 2.45) is 0 Å². The van der Waals surface area contributed by atoms with Crippen molar-refractivity contribution in [1.82, 2.24) is 10.6 Å². The van der Waals surface area contributed by atoms with E-state index >= 15 is 0 Å². The number of carbonyl (C=O) groups excluding carboxylic acids is 1. The highest BCUT2D eigenvalue weighted by molar-refractivity contribution is 5.74. The summed E-state index contributed by atoms with van der Waals surface area (Å²) < 4.78 is 0. The van der Waals surface area contributed by atoms with Crippen LogP contribution in [0.1, 0.15) is 6.92 Å². The van der Waals surface area contributed by atoms with Crippen LogP contribution in [0.3, 0.4) is 0 Å². The Morgan fingerprint density at radius 2 is 2.38 bits per heavy atom. The lowest BCUT2D eigenvalue weighted by Crippen LogP contribution is -2.15. The highest BCUT2D eigenvalue weighted by Gasteiger charge is 2.05. The maximum absolute atomic E-state index is 10.1. The molecule has 0 saturated carbocycles. The van der Waals surface area contributed by atoms with Crippen LogP contribution in [0.5, 0.6) is 0 Å². The fraction of sp³-hybridized carbons (Fsp3) is 0.400. The Balaban J connectivity index is 2.72. The zero-order valence-electron chi connectivity index (χ0n) is 4.69. The SMILES string of the molecule is CC1=C(C=O)NCN1. The number of rotatable bonds is 1. The molecular formula is C5H8N2O. The predicted molar refractivity (Wildman–Crippen MR) is 29.9 cm³/mol. The molecule has 1 heterocycles. The Labute approximate surface area is 47.8 Å². The molecule has 0 aromatic carbocycles. The molecule has 0 unspecified atom stereocenters. The van der Waals surface area contributed by atoms with E-state index in [-0.39, 0.29) is 0 Å². The summed E-state index contributed by atoms with van der Waals surface area (Å²) in [5.74, 6) is 0. The van der Waals surface area contributed by atoms with Gasteiger partial charge >= 0.3 is 0 Å². The maximum Gasteiger partial charge on any atom is 0.167 e. The van der Waals surface area contributed by atoms with E-state index in [1.54, 1.807) is 0 Å². The van der Waals surface area contributed by atoms with Crippen molar-refractivity contribution in [1.29, 1.82) is 0 Å². The quantitative estimate of drug-likeness (QED) is 0.452. The predicted octanol–water partition coefficient (Wildman–Crippen LogP) is -0.433. The van der Waals surface area contributed by atoms with Crippen molar-refractivity contribution in [3.8, 4) is 0 Å². The van der Waals surface area contributed by atoms with Gasteiger partial charge in [-0.15, -0.1) is 0 Å². The Hall–Kier alpha value is -0.990. The van der Waals surface area contributed by atoms with Gasteiger partial charge in [-0.05, 0) is 6.92 Å². The van der Waals surface area contributed by atoms with E-state index in [4.69, 9.17) is 0 Å². The third kappa shape index (κ3) is 0.665. The van der Waals surface area contributed by atoms with E-state index < -0.39 is 0 Å². The van der Waals surface area contributed by atoms with Crippen LogP contribution in [0.15, 0.2) is 11.4 Å². The molecule has 0 aromatic rings. The molecule has 1 aliphatic rings. The topological polar surface area (TPSA) is 41.1 Å². The zero-order chi connectivity index (χ0) is 5.98. The van der Waals surface area contributed by atoms with Crippen LogP contribution in [-0.2, 0) is 4.79 Å². The lowest BCUT2D eigenvalue weighted by molar-refractivity contribution is -0.105. The smallest absolute Gasteiger partial charge is 0.167 e. The third-order valence-electron chi connectivity index (χ3n) is 1.15. The molecule has 0 fully saturated rings. The second-order valence-corrected chi connectivity index (χ2v) is 1.69. The van der Waals surface area contributed by atoms with Crippen molar-refractivity contribution in [2.75, 3.05) is 6.67 Å². The van der Waals surface area contributed by atoms with E-state index in [1.807, 2.05) is 6.92 Å². The van der Waals surface area contributed by atoms with Gasteiger partial charge in [-0.3, -0.25) is 4.79 Å². The second-order valence-electron chi connectivity index (χ2n) is 1.69. The van der Waals surface area contributed by atoms with Gasteiger partial charge in [-0.1, -0.05) is 0 Å². The summed E-state index contributed by atoms with van der Waals surface area (Å²) in [5.41, 5.74) is 1.60. The van der Waals surface area contributed by atoms with Gasteiger partial charge in [0.25, 0.3) is 0 Å². The Morgan fingerprint density at radius 3 is 2.62 bits per heavy atom. The van der Waals surface area contributed by atoms with Crippen LogP contribution in [0.4, 0.5) is 0 Å². The highest BCUT2D eigenvalue weighted by atomic mass is 16.1. The first-order valence-corrected chi connectivity index (χ1v) is 2.48. The van der Waals surface area contributed by atoms with Gasteiger partial charge in [0.05, 0.1) is 12.4 Å². The zero-order valence-corrected chi connectivity index (χ0v) is 4.69. The minimum atomic E-state index is 0.671. The highest BCUT2D eigenvalue weighted by Crippen LogP contribution is 1.96. The Morgan fingerprint density at radius 1 is 1.62 bits per heavy atom. The largest absolute Gasteiger partial charge is 0.370 e. The van der Waals surface area contributed by atoms with Gasteiger partial charge in [-0.2, -0.15) is 0 Å². The summed E-state index contributed by atoms with van der Waals surface area (Å²) in [6.45, 7) is 2.55. The molecule has 0 atom stereocenters. The summed E-state index contributed by atoms with van der Waals surface area (Å²) in [4.78, 5) is 10.1. The first-order valence-electron chi connectivity index (χ1n) is 2.48. The van der Waals surface area contributed by atoms with Crippen LogP contribution < -0.4 is 10.6 Å². The Kier molecular flexibility index (Phi) is 1.20. The molecule has 0 saturated heterocycles. The van der Waals surface area contributed by atoms with Crippen LogP contribution in [0, 0.1) is 0 Å².